The first kappa shape index (κ1) is 28.6. The average molecular weight is 506 g/mol. The third-order valence-corrected chi connectivity index (χ3v) is 6.68. The van der Waals surface area contributed by atoms with Gasteiger partial charge in [0.15, 0.2) is 6.29 Å². The molecule has 8 nitrogen and oxygen atoms in total. The van der Waals surface area contributed by atoms with Crippen LogP contribution >= 0.6 is 0 Å². The van der Waals surface area contributed by atoms with Crippen LogP contribution in [0.1, 0.15) is 60.8 Å². The van der Waals surface area contributed by atoms with Gasteiger partial charge in [0.2, 0.25) is 5.91 Å². The lowest BCUT2D eigenvalue weighted by atomic mass is 9.85. The number of amides is 1. The molecule has 3 saturated heterocycles. The summed E-state index contributed by atoms with van der Waals surface area (Å²) >= 11 is 0. The number of hydrogen-bond donors (Lipinski definition) is 0. The molecule has 0 N–H and O–H groups in total. The fourth-order valence-corrected chi connectivity index (χ4v) is 4.51. The van der Waals surface area contributed by atoms with E-state index in [2.05, 4.69) is 39.0 Å². The van der Waals surface area contributed by atoms with Crippen molar-refractivity contribution in [2.75, 3.05) is 26.9 Å². The van der Waals surface area contributed by atoms with Crippen molar-refractivity contribution >= 4 is 11.9 Å². The third-order valence-electron chi connectivity index (χ3n) is 6.68. The summed E-state index contributed by atoms with van der Waals surface area (Å²) in [6, 6.07) is -0.180. The topological polar surface area (TPSA) is 86.8 Å². The van der Waals surface area contributed by atoms with Crippen molar-refractivity contribution in [2.45, 2.75) is 96.5 Å². The maximum atomic E-state index is 12.5. The van der Waals surface area contributed by atoms with Gasteiger partial charge in [-0.05, 0) is 33.8 Å². The smallest absolute Gasteiger partial charge is 0.308 e. The second-order valence-corrected chi connectivity index (χ2v) is 11.2. The molecule has 3 rings (SSSR count). The molecule has 0 bridgehead atoms. The summed E-state index contributed by atoms with van der Waals surface area (Å²) in [5.41, 5.74) is 0.953. The highest BCUT2D eigenvalue weighted by Crippen LogP contribution is 2.46. The normalized spacial score (nSPS) is 31.2. The molecule has 0 aromatic heterocycles. The number of rotatable bonds is 9. The minimum absolute atomic E-state index is 0.0118. The summed E-state index contributed by atoms with van der Waals surface area (Å²) in [4.78, 5) is 25.8. The first-order chi connectivity index (χ1) is 16.9. The number of esters is 1. The minimum Gasteiger partial charge on any atom is -0.458 e. The van der Waals surface area contributed by atoms with Crippen LogP contribution < -0.4 is 0 Å². The number of carbonyl (C=O) groups excluding carboxylic acids is 2. The van der Waals surface area contributed by atoms with Crippen molar-refractivity contribution in [2.24, 2.45) is 5.92 Å². The van der Waals surface area contributed by atoms with Crippen LogP contribution in [0.5, 0.6) is 0 Å². The Morgan fingerprint density at radius 2 is 1.81 bits per heavy atom. The monoisotopic (exact) mass is 505 g/mol. The Kier molecular flexibility index (Phi) is 9.55. The molecule has 3 atom stereocenters. The van der Waals surface area contributed by atoms with E-state index >= 15 is 0 Å². The van der Waals surface area contributed by atoms with E-state index in [4.69, 9.17) is 23.7 Å². The summed E-state index contributed by atoms with van der Waals surface area (Å²) < 4.78 is 28.9. The number of allylic oxidation sites excluding steroid dienone is 2. The van der Waals surface area contributed by atoms with Crippen molar-refractivity contribution in [3.8, 4) is 0 Å². The molecule has 202 valence electrons. The van der Waals surface area contributed by atoms with Gasteiger partial charge in [0.25, 0.3) is 0 Å². The van der Waals surface area contributed by atoms with Crippen molar-refractivity contribution < 1.29 is 33.3 Å². The lowest BCUT2D eigenvalue weighted by Gasteiger charge is -2.38. The second kappa shape index (κ2) is 12.0. The third kappa shape index (κ3) is 8.54. The van der Waals surface area contributed by atoms with Crippen LogP contribution in [0.3, 0.4) is 0 Å². The number of likely N-dealkylation sites (N-methyl/N-ethyl adjacent to an activating group) is 1. The van der Waals surface area contributed by atoms with E-state index in [1.54, 1.807) is 38.8 Å². The van der Waals surface area contributed by atoms with E-state index in [-0.39, 0.29) is 47.4 Å². The maximum Gasteiger partial charge on any atom is 0.308 e. The Morgan fingerprint density at radius 1 is 1.14 bits per heavy atom. The van der Waals surface area contributed by atoms with E-state index in [1.165, 1.54) is 6.08 Å². The van der Waals surface area contributed by atoms with Gasteiger partial charge in [-0.3, -0.25) is 9.59 Å². The molecule has 0 aliphatic carbocycles. The zero-order valence-electron chi connectivity index (χ0n) is 22.8. The highest BCUT2D eigenvalue weighted by Gasteiger charge is 2.53. The standard InChI is InChI=1S/C28H43NO7/c1-19(2)26(31)35-21(4)10-12-24(30)29(7)22-15-32-25(33-16-22)13-9-20(3)8-11-23-14-28(18-34-28)17-27(5,6)36-23/h8-12,19,21-23,25H,13-18H2,1-7H3/t21-,22?,23+,25?,28+/m0/s1. The molecule has 3 heterocycles. The Hall–Kier alpha value is -2.00. The zero-order valence-corrected chi connectivity index (χ0v) is 22.8. The quantitative estimate of drug-likeness (QED) is 0.203. The van der Waals surface area contributed by atoms with Crippen molar-refractivity contribution in [1.82, 2.24) is 4.90 Å². The van der Waals surface area contributed by atoms with Crippen LogP contribution in [-0.2, 0) is 33.3 Å². The van der Waals surface area contributed by atoms with Gasteiger partial charge in [-0.1, -0.05) is 37.6 Å². The fraction of sp³-hybridized carbons (Fsp3) is 0.714. The summed E-state index contributed by atoms with van der Waals surface area (Å²) in [5.74, 6) is -0.688. The fourth-order valence-electron chi connectivity index (χ4n) is 4.51. The molecule has 8 heteroatoms. The van der Waals surface area contributed by atoms with Crippen LogP contribution in [0.2, 0.25) is 0 Å². The van der Waals surface area contributed by atoms with Gasteiger partial charge in [-0.2, -0.15) is 0 Å². The molecule has 0 aromatic carbocycles. The number of epoxide rings is 1. The molecule has 1 amide bonds. The first-order valence-electron chi connectivity index (χ1n) is 12.9. The van der Waals surface area contributed by atoms with Crippen LogP contribution in [0, 0.1) is 5.92 Å². The van der Waals surface area contributed by atoms with Gasteiger partial charge in [0, 0.05) is 32.4 Å². The summed E-state index contributed by atoms with van der Waals surface area (Å²) in [6.07, 6.45) is 11.0. The molecule has 3 fully saturated rings. The molecule has 0 unspecified atom stereocenters. The van der Waals surface area contributed by atoms with Gasteiger partial charge >= 0.3 is 5.97 Å². The number of carbonyl (C=O) groups is 2. The van der Waals surface area contributed by atoms with E-state index in [9.17, 15) is 9.59 Å². The highest BCUT2D eigenvalue weighted by molar-refractivity contribution is 5.87. The van der Waals surface area contributed by atoms with E-state index in [1.807, 2.05) is 0 Å². The van der Waals surface area contributed by atoms with Crippen LogP contribution in [0.15, 0.2) is 36.0 Å². The lowest BCUT2D eigenvalue weighted by molar-refractivity contribution is -0.201. The largest absolute Gasteiger partial charge is 0.458 e. The number of nitrogens with zero attached hydrogens (tertiary/aromatic N) is 1. The van der Waals surface area contributed by atoms with E-state index in [0.29, 0.717) is 19.6 Å². The molecule has 3 aliphatic rings. The molecule has 0 aromatic rings. The predicted molar refractivity (Wildman–Crippen MR) is 136 cm³/mol. The SMILES string of the molecule is CC(C=C[C@@H]1C[C@]2(CO2)CC(C)(C)O1)=CCC1OCC(N(C)C(=O)C=C[C@H](C)OC(=O)C(C)C)CO1. The van der Waals surface area contributed by atoms with E-state index < -0.39 is 6.10 Å². The van der Waals surface area contributed by atoms with Gasteiger partial charge in [-0.25, -0.2) is 0 Å². The molecule has 0 saturated carbocycles. The Labute approximate surface area is 215 Å². The zero-order chi connectivity index (χ0) is 26.5. The van der Waals surface area contributed by atoms with Gasteiger partial charge in [-0.15, -0.1) is 0 Å². The van der Waals surface area contributed by atoms with Crippen molar-refractivity contribution in [3.05, 3.63) is 36.0 Å². The molecular weight excluding hydrogens is 462 g/mol. The minimum atomic E-state index is -0.469. The average Bonchev–Trinajstić information content (AvgIpc) is 3.55. The molecule has 1 spiro atoms. The van der Waals surface area contributed by atoms with Gasteiger partial charge < -0.3 is 28.6 Å². The van der Waals surface area contributed by atoms with E-state index in [0.717, 1.165) is 25.0 Å². The van der Waals surface area contributed by atoms with Crippen LogP contribution in [0.4, 0.5) is 0 Å². The molecule has 3 aliphatic heterocycles. The van der Waals surface area contributed by atoms with Gasteiger partial charge in [0.05, 0.1) is 49.1 Å². The lowest BCUT2D eigenvalue weighted by Crippen LogP contribution is -2.47. The van der Waals surface area contributed by atoms with Crippen LogP contribution in [0.25, 0.3) is 0 Å². The first-order valence-corrected chi connectivity index (χ1v) is 12.9. The molecular formula is C28H43NO7. The number of ether oxygens (including phenoxy) is 5. The summed E-state index contributed by atoms with van der Waals surface area (Å²) in [6.45, 7) is 13.2. The molecule has 36 heavy (non-hydrogen) atoms. The second-order valence-electron chi connectivity index (χ2n) is 11.2. The van der Waals surface area contributed by atoms with Gasteiger partial charge in [0.1, 0.15) is 6.10 Å². The summed E-state index contributed by atoms with van der Waals surface area (Å²) in [7, 11) is 1.72. The Balaban J connectivity index is 1.39. The molecule has 0 radical (unpaired) electrons. The maximum absolute atomic E-state index is 12.5. The number of hydrogen-bond acceptors (Lipinski definition) is 7. The predicted octanol–water partition coefficient (Wildman–Crippen LogP) is 3.95. The van der Waals surface area contributed by atoms with Crippen molar-refractivity contribution in [1.29, 1.82) is 0 Å². The summed E-state index contributed by atoms with van der Waals surface area (Å²) in [5, 5.41) is 0. The Bertz CT molecular complexity index is 857. The highest BCUT2D eigenvalue weighted by atomic mass is 16.7. The van der Waals surface area contributed by atoms with Crippen LogP contribution in [-0.4, -0.2) is 79.4 Å². The van der Waals surface area contributed by atoms with Crippen molar-refractivity contribution in [3.63, 3.8) is 0 Å². The Morgan fingerprint density at radius 3 is 2.42 bits per heavy atom.